The van der Waals surface area contributed by atoms with Crippen LogP contribution >= 0.6 is 0 Å². The third-order valence-corrected chi connectivity index (χ3v) is 5.01. The van der Waals surface area contributed by atoms with E-state index in [9.17, 15) is 9.90 Å². The Balaban J connectivity index is 2.30. The second-order valence-electron chi connectivity index (χ2n) is 3.36. The van der Waals surface area contributed by atoms with Crippen molar-refractivity contribution in [1.29, 1.82) is 0 Å². The molecule has 0 heterocycles. The number of carbonyl (C=O) groups is 1. The van der Waals surface area contributed by atoms with Gasteiger partial charge in [-0.25, -0.2) is 0 Å². The number of carboxylic acids is 1. The first-order chi connectivity index (χ1) is 8.16. The summed E-state index contributed by atoms with van der Waals surface area (Å²) in [5, 5.41) is 18.2. The van der Waals surface area contributed by atoms with Crippen LogP contribution in [0.1, 0.15) is 10.4 Å². The molecule has 0 aliphatic rings. The van der Waals surface area contributed by atoms with Crippen molar-refractivity contribution in [3.63, 3.8) is 0 Å². The molecule has 2 aromatic rings. The second kappa shape index (κ2) is 5.18. The van der Waals surface area contributed by atoms with Crippen LogP contribution in [0.3, 0.4) is 0 Å². The molecule has 2 aromatic carbocycles. The van der Waals surface area contributed by atoms with Gasteiger partial charge in [0.2, 0.25) is 0 Å². The van der Waals surface area contributed by atoms with Gasteiger partial charge in [-0.15, -0.1) is 0 Å². The molecule has 17 heavy (non-hydrogen) atoms. The van der Waals surface area contributed by atoms with Crippen LogP contribution in [-0.2, 0) is 0 Å². The monoisotopic (exact) mass is 341 g/mol. The Kier molecular flexibility index (Phi) is 3.63. The topological polar surface area (TPSA) is 57.5 Å². The van der Waals surface area contributed by atoms with Crippen molar-refractivity contribution >= 4 is 5.97 Å². The average molecular weight is 341 g/mol. The molecule has 4 heteroatoms. The molecule has 0 atom stereocenters. The van der Waals surface area contributed by atoms with Crippen LogP contribution in [0.4, 0.5) is 0 Å². The predicted molar refractivity (Wildman–Crippen MR) is 58.9 cm³/mol. The third-order valence-electron chi connectivity index (χ3n) is 2.14. The fraction of sp³-hybridized carbons (Fsp3) is 0. The van der Waals surface area contributed by atoms with Crippen molar-refractivity contribution in [2.45, 2.75) is 0 Å². The van der Waals surface area contributed by atoms with Gasteiger partial charge in [-0.2, -0.15) is 0 Å². The molecule has 0 unspecified atom stereocenters. The molecule has 0 saturated heterocycles. The van der Waals surface area contributed by atoms with E-state index in [-0.39, 0.29) is 5.75 Å². The molecule has 0 fully saturated rings. The van der Waals surface area contributed by atoms with Crippen molar-refractivity contribution in [2.24, 2.45) is 0 Å². The Morgan fingerprint density at radius 3 is 2.29 bits per heavy atom. The van der Waals surface area contributed by atoms with Crippen molar-refractivity contribution in [3.05, 3.63) is 61.2 Å². The quantitative estimate of drug-likeness (QED) is 0.721. The first kappa shape index (κ1) is 11.9. The summed E-state index contributed by atoms with van der Waals surface area (Å²) in [6.07, 6.45) is 0. The van der Waals surface area contributed by atoms with Crippen LogP contribution in [0.2, 0.25) is 0 Å². The molecule has 0 aliphatic heterocycles. The summed E-state index contributed by atoms with van der Waals surface area (Å²) >= 11 is -0.531. The summed E-state index contributed by atoms with van der Waals surface area (Å²) in [5.41, 5.74) is 0.369. The number of aromatic hydroxyl groups is 1. The SMILES string of the molecule is O=C(O)c1ccccc1[I-]c1ccc(O)cc1. The molecular weight excluding hydrogens is 331 g/mol. The second-order valence-corrected chi connectivity index (χ2v) is 6.30. The van der Waals surface area contributed by atoms with E-state index in [1.54, 1.807) is 24.3 Å². The molecule has 3 nitrogen and oxygen atoms in total. The molecule has 0 spiro atoms. The Morgan fingerprint density at radius 1 is 1.00 bits per heavy atom. The van der Waals surface area contributed by atoms with E-state index in [0.717, 1.165) is 7.14 Å². The molecule has 2 N–H and O–H groups in total. The standard InChI is InChI=1S/C13H10IO3/c15-10-7-5-9(6-8-10)14-12-4-2-1-3-11(12)13(16)17/h1-8,15H,(H,16,17)/q-1. The van der Waals surface area contributed by atoms with Gasteiger partial charge in [0.1, 0.15) is 0 Å². The Labute approximate surface area is 109 Å². The molecule has 0 saturated carbocycles. The Hall–Kier alpha value is -1.56. The number of phenols is 1. The Morgan fingerprint density at radius 2 is 1.65 bits per heavy atom. The predicted octanol–water partition coefficient (Wildman–Crippen LogP) is -0.781. The zero-order chi connectivity index (χ0) is 12.3. The Bertz CT molecular complexity index is 535. The fourth-order valence-corrected chi connectivity index (χ4v) is 3.82. The van der Waals surface area contributed by atoms with Crippen LogP contribution in [0.15, 0.2) is 48.5 Å². The fourth-order valence-electron chi connectivity index (χ4n) is 1.34. The number of hydrogen-bond acceptors (Lipinski definition) is 2. The van der Waals surface area contributed by atoms with Crippen LogP contribution in [-0.4, -0.2) is 16.2 Å². The number of halogens is 1. The van der Waals surface area contributed by atoms with E-state index in [1.807, 2.05) is 24.3 Å². The van der Waals surface area contributed by atoms with E-state index in [1.165, 1.54) is 0 Å². The maximum absolute atomic E-state index is 11.0. The minimum atomic E-state index is -0.890. The normalized spacial score (nSPS) is 10.4. The minimum absolute atomic E-state index is 0.226. The van der Waals surface area contributed by atoms with Gasteiger partial charge in [0, 0.05) is 0 Å². The zero-order valence-electron chi connectivity index (χ0n) is 8.80. The molecule has 88 valence electrons. The molecule has 2 rings (SSSR count). The summed E-state index contributed by atoms with van der Waals surface area (Å²) < 4.78 is 1.96. The van der Waals surface area contributed by atoms with Gasteiger partial charge in [-0.3, -0.25) is 0 Å². The van der Waals surface area contributed by atoms with Crippen molar-refractivity contribution in [2.75, 3.05) is 0 Å². The summed E-state index contributed by atoms with van der Waals surface area (Å²) in [6.45, 7) is 0. The first-order valence-corrected chi connectivity index (χ1v) is 7.09. The van der Waals surface area contributed by atoms with Gasteiger partial charge in [-0.1, -0.05) is 0 Å². The van der Waals surface area contributed by atoms with Crippen molar-refractivity contribution in [3.8, 4) is 5.75 Å². The maximum atomic E-state index is 11.0. The number of hydrogen-bond donors (Lipinski definition) is 2. The van der Waals surface area contributed by atoms with E-state index in [0.29, 0.717) is 5.56 Å². The molecule has 0 aliphatic carbocycles. The number of carboxylic acid groups (broad SMARTS) is 1. The summed E-state index contributed by atoms with van der Waals surface area (Å²) in [7, 11) is 0. The zero-order valence-corrected chi connectivity index (χ0v) is 11.0. The van der Waals surface area contributed by atoms with Gasteiger partial charge < -0.3 is 0 Å². The molecule has 0 amide bonds. The van der Waals surface area contributed by atoms with Gasteiger partial charge >= 0.3 is 109 Å². The number of rotatable bonds is 3. The number of aromatic carboxylic acids is 1. The van der Waals surface area contributed by atoms with E-state index < -0.39 is 27.2 Å². The van der Waals surface area contributed by atoms with E-state index >= 15 is 0 Å². The van der Waals surface area contributed by atoms with E-state index in [4.69, 9.17) is 5.11 Å². The van der Waals surface area contributed by atoms with E-state index in [2.05, 4.69) is 0 Å². The average Bonchev–Trinajstić information content (AvgIpc) is 2.32. The van der Waals surface area contributed by atoms with Gasteiger partial charge in [0.25, 0.3) is 0 Å². The summed E-state index contributed by atoms with van der Waals surface area (Å²) in [5.74, 6) is -0.664. The summed E-state index contributed by atoms with van der Waals surface area (Å²) in [6, 6.07) is 14.0. The van der Waals surface area contributed by atoms with Crippen LogP contribution in [0.5, 0.6) is 5.75 Å². The summed E-state index contributed by atoms with van der Waals surface area (Å²) in [4.78, 5) is 11.0. The third kappa shape index (κ3) is 2.97. The van der Waals surface area contributed by atoms with Crippen LogP contribution < -0.4 is 21.2 Å². The molecule has 0 bridgehead atoms. The van der Waals surface area contributed by atoms with Crippen LogP contribution in [0, 0.1) is 7.14 Å². The van der Waals surface area contributed by atoms with Gasteiger partial charge in [0.05, 0.1) is 0 Å². The molecule has 0 aromatic heterocycles. The van der Waals surface area contributed by atoms with Gasteiger partial charge in [0.15, 0.2) is 0 Å². The first-order valence-electron chi connectivity index (χ1n) is 4.93. The van der Waals surface area contributed by atoms with Crippen molar-refractivity contribution in [1.82, 2.24) is 0 Å². The molecule has 0 radical (unpaired) electrons. The number of benzene rings is 2. The van der Waals surface area contributed by atoms with Crippen LogP contribution in [0.25, 0.3) is 0 Å². The molecular formula is C13H10IO3-. The number of phenolic OH excluding ortho intramolecular Hbond substituents is 1. The van der Waals surface area contributed by atoms with Crippen molar-refractivity contribution < 1.29 is 36.2 Å². The van der Waals surface area contributed by atoms with Gasteiger partial charge in [-0.05, 0) is 0 Å².